The molecule has 2 heterocycles. The fourth-order valence-corrected chi connectivity index (χ4v) is 8.28. The maximum atomic E-state index is 2.59. The van der Waals surface area contributed by atoms with E-state index in [1.165, 1.54) is 60.3 Å². The first-order valence-electron chi connectivity index (χ1n) is 14.2. The van der Waals surface area contributed by atoms with Crippen LogP contribution < -0.4 is 16.4 Å². The van der Waals surface area contributed by atoms with Crippen LogP contribution in [-0.2, 0) is 17.3 Å². The van der Waals surface area contributed by atoms with Gasteiger partial charge < -0.3 is 0 Å². The third kappa shape index (κ3) is 3.94. The fraction of sp³-hybridized carbons (Fsp3) is 0.389. The third-order valence-electron chi connectivity index (χ3n) is 9.02. The maximum absolute atomic E-state index is 2.59. The standard InChI is InChI=1S/C36H41BS/c1-20-13-21(2)34(22(3)14-20)37-30-17-24(35(5,6)7)11-12-26(30)29-19-32-27(15-23(4)38-32)28-16-25(36(8,9)10)18-31(37)33(28)29/h11-18,29H,19H2,1-10H3. The SMILES string of the molecule is Cc1cc(C)c(B2c3cc(C(C)(C)C)ccc3C3Cc4sc(C)cc4-c4cc(C(C)(C)C)cc2c43)c(C)c1. The van der Waals surface area contributed by atoms with Gasteiger partial charge in [-0.05, 0) is 84.4 Å². The summed E-state index contributed by atoms with van der Waals surface area (Å²) >= 11 is 2.00. The van der Waals surface area contributed by atoms with Crippen molar-refractivity contribution in [3.05, 3.63) is 97.2 Å². The summed E-state index contributed by atoms with van der Waals surface area (Å²) in [5.74, 6) is 0.422. The molecular formula is C36H41BS. The molecule has 0 fully saturated rings. The second-order valence-corrected chi connectivity index (χ2v) is 15.4. The summed E-state index contributed by atoms with van der Waals surface area (Å²) in [5, 5.41) is 0. The predicted molar refractivity (Wildman–Crippen MR) is 169 cm³/mol. The number of thiophene rings is 1. The average Bonchev–Trinajstić information content (AvgIpc) is 3.18. The fourth-order valence-electron chi connectivity index (χ4n) is 7.19. The average molecular weight is 517 g/mol. The van der Waals surface area contributed by atoms with E-state index in [4.69, 9.17) is 0 Å². The van der Waals surface area contributed by atoms with E-state index in [2.05, 4.69) is 118 Å². The summed E-state index contributed by atoms with van der Waals surface area (Å²) in [7, 11) is 0. The first-order chi connectivity index (χ1) is 17.7. The molecule has 0 bridgehead atoms. The molecule has 194 valence electrons. The predicted octanol–water partition coefficient (Wildman–Crippen LogP) is 7.76. The van der Waals surface area contributed by atoms with E-state index in [1.54, 1.807) is 15.9 Å². The highest BCUT2D eigenvalue weighted by molar-refractivity contribution is 7.12. The van der Waals surface area contributed by atoms with Gasteiger partial charge in [0, 0.05) is 15.7 Å². The number of benzene rings is 3. The molecule has 1 aliphatic carbocycles. The monoisotopic (exact) mass is 516 g/mol. The Kier molecular flexibility index (Phi) is 5.72. The molecule has 1 atom stereocenters. The lowest BCUT2D eigenvalue weighted by Crippen LogP contribution is -2.60. The minimum atomic E-state index is 0.0825. The summed E-state index contributed by atoms with van der Waals surface area (Å²) in [6.45, 7) is 23.6. The number of hydrogen-bond acceptors (Lipinski definition) is 1. The van der Waals surface area contributed by atoms with Crippen molar-refractivity contribution in [2.24, 2.45) is 0 Å². The Balaban J connectivity index is 1.76. The molecule has 2 aliphatic rings. The molecule has 0 saturated heterocycles. The molecule has 0 N–H and O–H groups in total. The van der Waals surface area contributed by atoms with E-state index in [9.17, 15) is 0 Å². The number of rotatable bonds is 1. The minimum Gasteiger partial charge on any atom is -0.145 e. The van der Waals surface area contributed by atoms with Crippen LogP contribution in [0.1, 0.15) is 96.2 Å². The van der Waals surface area contributed by atoms with Crippen molar-refractivity contribution >= 4 is 34.4 Å². The number of fused-ring (bicyclic) bond motifs is 4. The van der Waals surface area contributed by atoms with E-state index in [-0.39, 0.29) is 17.5 Å². The van der Waals surface area contributed by atoms with Gasteiger partial charge in [-0.3, -0.25) is 0 Å². The highest BCUT2D eigenvalue weighted by Crippen LogP contribution is 2.48. The zero-order valence-corrected chi connectivity index (χ0v) is 25.7. The van der Waals surface area contributed by atoms with Gasteiger partial charge in [0.1, 0.15) is 0 Å². The van der Waals surface area contributed by atoms with Gasteiger partial charge in [-0.2, -0.15) is 0 Å². The minimum absolute atomic E-state index is 0.0825. The van der Waals surface area contributed by atoms with Crippen LogP contribution in [0.5, 0.6) is 0 Å². The highest BCUT2D eigenvalue weighted by atomic mass is 32.1. The van der Waals surface area contributed by atoms with Crippen LogP contribution in [0, 0.1) is 27.7 Å². The molecule has 0 radical (unpaired) electrons. The molecule has 1 aromatic heterocycles. The Bertz CT molecular complexity index is 1580. The third-order valence-corrected chi connectivity index (χ3v) is 10.1. The molecule has 1 unspecified atom stereocenters. The lowest BCUT2D eigenvalue weighted by molar-refractivity contribution is 0.589. The molecule has 4 aromatic rings. The largest absolute Gasteiger partial charge is 0.242 e. The molecule has 0 spiro atoms. The van der Waals surface area contributed by atoms with E-state index >= 15 is 0 Å². The van der Waals surface area contributed by atoms with Crippen molar-refractivity contribution in [1.82, 2.24) is 0 Å². The number of aryl methyl sites for hydroxylation is 4. The smallest absolute Gasteiger partial charge is 0.145 e. The molecule has 38 heavy (non-hydrogen) atoms. The molecule has 0 nitrogen and oxygen atoms in total. The zero-order valence-electron chi connectivity index (χ0n) is 24.9. The van der Waals surface area contributed by atoms with Gasteiger partial charge in [0.2, 0.25) is 6.71 Å². The molecule has 0 saturated carbocycles. The summed E-state index contributed by atoms with van der Waals surface area (Å²) in [4.78, 5) is 2.98. The van der Waals surface area contributed by atoms with Crippen molar-refractivity contribution in [2.75, 3.05) is 0 Å². The van der Waals surface area contributed by atoms with Crippen LogP contribution in [-0.4, -0.2) is 6.71 Å². The maximum Gasteiger partial charge on any atom is 0.242 e. The normalized spacial score (nSPS) is 16.3. The van der Waals surface area contributed by atoms with Crippen molar-refractivity contribution in [2.45, 2.75) is 92.4 Å². The van der Waals surface area contributed by atoms with Crippen molar-refractivity contribution in [3.63, 3.8) is 0 Å². The lowest BCUT2D eigenvalue weighted by Gasteiger charge is -2.40. The first kappa shape index (κ1) is 25.7. The second kappa shape index (κ2) is 8.46. The second-order valence-electron chi connectivity index (χ2n) is 14.1. The van der Waals surface area contributed by atoms with Gasteiger partial charge in [0.05, 0.1) is 0 Å². The van der Waals surface area contributed by atoms with Gasteiger partial charge in [-0.1, -0.05) is 117 Å². The topological polar surface area (TPSA) is 0 Å². The molecule has 1 aliphatic heterocycles. The molecule has 6 rings (SSSR count). The van der Waals surface area contributed by atoms with Crippen LogP contribution in [0.2, 0.25) is 0 Å². The van der Waals surface area contributed by atoms with Crippen LogP contribution in [0.15, 0.2) is 48.5 Å². The van der Waals surface area contributed by atoms with Gasteiger partial charge in [-0.25, -0.2) is 0 Å². The highest BCUT2D eigenvalue weighted by Gasteiger charge is 2.42. The Morgan fingerprint density at radius 1 is 0.711 bits per heavy atom. The zero-order chi connectivity index (χ0) is 27.3. The van der Waals surface area contributed by atoms with Crippen LogP contribution in [0.3, 0.4) is 0 Å². The van der Waals surface area contributed by atoms with Crippen molar-refractivity contribution < 1.29 is 0 Å². The van der Waals surface area contributed by atoms with E-state index < -0.39 is 0 Å². The van der Waals surface area contributed by atoms with Crippen molar-refractivity contribution in [3.8, 4) is 11.1 Å². The molecule has 3 aromatic carbocycles. The summed E-state index contributed by atoms with van der Waals surface area (Å²) in [6.07, 6.45) is 1.11. The molecule has 0 amide bonds. The Labute approximate surface area is 234 Å². The Hall–Kier alpha value is -2.58. The summed E-state index contributed by atoms with van der Waals surface area (Å²) in [5.41, 5.74) is 17.9. The Morgan fingerprint density at radius 3 is 1.97 bits per heavy atom. The quantitative estimate of drug-likeness (QED) is 0.227. The first-order valence-corrected chi connectivity index (χ1v) is 15.1. The van der Waals surface area contributed by atoms with E-state index in [0.29, 0.717) is 5.92 Å². The van der Waals surface area contributed by atoms with Gasteiger partial charge in [-0.15, -0.1) is 11.3 Å². The van der Waals surface area contributed by atoms with E-state index in [0.717, 1.165) is 6.42 Å². The van der Waals surface area contributed by atoms with E-state index in [1.807, 2.05) is 11.3 Å². The molecular weight excluding hydrogens is 475 g/mol. The lowest BCUT2D eigenvalue weighted by atomic mass is 9.30. The van der Waals surface area contributed by atoms with Crippen LogP contribution in [0.25, 0.3) is 11.1 Å². The van der Waals surface area contributed by atoms with Gasteiger partial charge >= 0.3 is 0 Å². The Morgan fingerprint density at radius 2 is 1.34 bits per heavy atom. The summed E-state index contributed by atoms with van der Waals surface area (Å²) < 4.78 is 0. The van der Waals surface area contributed by atoms with Gasteiger partial charge in [0.25, 0.3) is 0 Å². The molecule has 2 heteroatoms. The number of hydrogen-bond donors (Lipinski definition) is 0. The van der Waals surface area contributed by atoms with Crippen molar-refractivity contribution in [1.29, 1.82) is 0 Å². The summed E-state index contributed by atoms with van der Waals surface area (Å²) in [6, 6.07) is 19.8. The van der Waals surface area contributed by atoms with Crippen LogP contribution in [0.4, 0.5) is 0 Å². The van der Waals surface area contributed by atoms with Crippen LogP contribution >= 0.6 is 11.3 Å². The van der Waals surface area contributed by atoms with Gasteiger partial charge in [0.15, 0.2) is 0 Å².